The number of rotatable bonds is 5. The van der Waals surface area contributed by atoms with Crippen LogP contribution in [0.1, 0.15) is 28.4 Å². The molecule has 0 fully saturated rings. The molecule has 1 heterocycles. The van der Waals surface area contributed by atoms with E-state index in [0.717, 1.165) is 11.4 Å². The molecule has 1 unspecified atom stereocenters. The largest absolute Gasteiger partial charge is 0.473 e. The number of fused-ring (bicyclic) bond motifs is 1. The summed E-state index contributed by atoms with van der Waals surface area (Å²) in [6.07, 6.45) is -0.223. The maximum absolute atomic E-state index is 13.9. The third-order valence-electron chi connectivity index (χ3n) is 5.10. The van der Waals surface area contributed by atoms with E-state index in [-0.39, 0.29) is 28.6 Å². The van der Waals surface area contributed by atoms with E-state index >= 15 is 0 Å². The molecule has 0 aromatic heterocycles. The minimum atomic E-state index is -2.36. The fourth-order valence-electron chi connectivity index (χ4n) is 3.40. The van der Waals surface area contributed by atoms with E-state index in [1.165, 1.54) is 18.2 Å². The van der Waals surface area contributed by atoms with Crippen LogP contribution in [0.2, 0.25) is 0 Å². The number of allylic oxidation sites excluding steroid dienone is 1. The molecule has 0 amide bonds. The number of hydrogen-bond donors (Lipinski definition) is 0. The van der Waals surface area contributed by atoms with Crippen LogP contribution >= 0.6 is 15.9 Å². The van der Waals surface area contributed by atoms with E-state index in [1.54, 1.807) is 25.1 Å². The van der Waals surface area contributed by atoms with Crippen LogP contribution in [0, 0.1) is 36.0 Å². The van der Waals surface area contributed by atoms with Crippen LogP contribution in [-0.2, 0) is 4.79 Å². The summed E-state index contributed by atoms with van der Waals surface area (Å²) < 4.78 is 84.0. The van der Waals surface area contributed by atoms with Crippen molar-refractivity contribution >= 4 is 33.8 Å². The predicted octanol–water partition coefficient (Wildman–Crippen LogP) is 6.44. The molecule has 3 aromatic rings. The summed E-state index contributed by atoms with van der Waals surface area (Å²) in [5, 5.41) is 0. The van der Waals surface area contributed by atoms with Crippen molar-refractivity contribution in [1.82, 2.24) is 0 Å². The summed E-state index contributed by atoms with van der Waals surface area (Å²) in [5.74, 6) is -14.4. The van der Waals surface area contributed by atoms with Crippen LogP contribution in [0.25, 0.3) is 6.08 Å². The third kappa shape index (κ3) is 4.70. The summed E-state index contributed by atoms with van der Waals surface area (Å²) in [5.41, 5.74) is 1.36. The molecule has 0 saturated carbocycles. The van der Waals surface area contributed by atoms with Crippen molar-refractivity contribution in [2.24, 2.45) is 0 Å². The second-order valence-corrected chi connectivity index (χ2v) is 8.60. The Morgan fingerprint density at radius 2 is 1.64 bits per heavy atom. The highest BCUT2D eigenvalue weighted by molar-refractivity contribution is 9.10. The number of halogens is 6. The van der Waals surface area contributed by atoms with Gasteiger partial charge in [0.1, 0.15) is 11.5 Å². The molecule has 0 N–H and O–H groups in total. The van der Waals surface area contributed by atoms with E-state index in [9.17, 15) is 31.5 Å². The molecule has 5 nitrogen and oxygen atoms in total. The average molecular weight is 569 g/mol. The lowest BCUT2D eigenvalue weighted by atomic mass is 10.0. The maximum Gasteiger partial charge on any atom is 0.352 e. The number of ether oxygens (including phenoxy) is 3. The topological polar surface area (TPSA) is 61.8 Å². The van der Waals surface area contributed by atoms with Gasteiger partial charge in [-0.15, -0.1) is 0 Å². The first-order valence-electron chi connectivity index (χ1n) is 10.2. The molecule has 1 aliphatic rings. The molecule has 11 heteroatoms. The highest BCUT2D eigenvalue weighted by Crippen LogP contribution is 2.38. The quantitative estimate of drug-likeness (QED) is 0.0884. The molecule has 3 aromatic carbocycles. The lowest BCUT2D eigenvalue weighted by Gasteiger charge is -2.16. The molecular weight excluding hydrogens is 555 g/mol. The van der Waals surface area contributed by atoms with E-state index < -0.39 is 46.9 Å². The minimum absolute atomic E-state index is 0.0395. The van der Waals surface area contributed by atoms with E-state index in [2.05, 4.69) is 15.9 Å². The number of carbonyl (C=O) groups is 2. The van der Waals surface area contributed by atoms with Crippen LogP contribution in [-0.4, -0.2) is 17.9 Å². The smallest absolute Gasteiger partial charge is 0.352 e. The lowest BCUT2D eigenvalue weighted by molar-refractivity contribution is -0.141. The Hall–Kier alpha value is -3.73. The molecule has 36 heavy (non-hydrogen) atoms. The zero-order chi connectivity index (χ0) is 26.3. The number of ketones is 1. The molecule has 4 rings (SSSR count). The van der Waals surface area contributed by atoms with Crippen molar-refractivity contribution < 1.29 is 45.8 Å². The average Bonchev–Trinajstić information content (AvgIpc) is 3.14. The van der Waals surface area contributed by atoms with Crippen molar-refractivity contribution in [3.8, 4) is 17.2 Å². The molecule has 186 valence electrons. The van der Waals surface area contributed by atoms with Gasteiger partial charge in [-0.3, -0.25) is 4.79 Å². The zero-order valence-corrected chi connectivity index (χ0v) is 20.0. The predicted molar refractivity (Wildman–Crippen MR) is 120 cm³/mol. The number of Topliss-reactive ketones (excluding diaryl/α,β-unsaturated/α-hetero) is 1. The fourth-order valence-corrected chi connectivity index (χ4v) is 3.81. The third-order valence-corrected chi connectivity index (χ3v) is 5.60. The number of aryl methyl sites for hydroxylation is 1. The number of carbonyl (C=O) groups excluding carboxylic acids is 2. The van der Waals surface area contributed by atoms with E-state index in [1.807, 2.05) is 6.07 Å². The Morgan fingerprint density at radius 1 is 1.00 bits per heavy atom. The summed E-state index contributed by atoms with van der Waals surface area (Å²) in [6.45, 7) is 2.58. The van der Waals surface area contributed by atoms with Gasteiger partial charge < -0.3 is 14.2 Å². The molecule has 0 saturated heterocycles. The highest BCUT2D eigenvalue weighted by atomic mass is 79.9. The van der Waals surface area contributed by atoms with Crippen molar-refractivity contribution in [3.05, 3.63) is 92.4 Å². The van der Waals surface area contributed by atoms with Crippen LogP contribution < -0.4 is 14.2 Å². The summed E-state index contributed by atoms with van der Waals surface area (Å²) >= 11 is 3.34. The first-order valence-corrected chi connectivity index (χ1v) is 11.0. The molecule has 1 aliphatic heterocycles. The second kappa shape index (κ2) is 9.73. The minimum Gasteiger partial charge on any atom is -0.473 e. The van der Waals surface area contributed by atoms with Crippen LogP contribution in [0.5, 0.6) is 17.2 Å². The van der Waals surface area contributed by atoms with Crippen molar-refractivity contribution in [2.75, 3.05) is 0 Å². The fraction of sp³-hybridized carbons (Fsp3) is 0.120. The SMILES string of the molecule is Cc1cc(OC(=O)C(C)Oc2c(F)c(F)c(F)c(F)c2F)cc2c1C(=O)/C(=C/c1cccc(Br)c1)O2. The number of hydrogen-bond acceptors (Lipinski definition) is 5. The normalized spacial score (nSPS) is 14.4. The Labute approximate surface area is 209 Å². The summed E-state index contributed by atoms with van der Waals surface area (Å²) in [6, 6.07) is 9.75. The van der Waals surface area contributed by atoms with Gasteiger partial charge in [0.15, 0.2) is 17.6 Å². The lowest BCUT2D eigenvalue weighted by Crippen LogP contribution is -2.29. The highest BCUT2D eigenvalue weighted by Gasteiger charge is 2.32. The van der Waals surface area contributed by atoms with Gasteiger partial charge in [0.25, 0.3) is 0 Å². The van der Waals surface area contributed by atoms with E-state index in [0.29, 0.717) is 11.1 Å². The van der Waals surface area contributed by atoms with Gasteiger partial charge in [0.2, 0.25) is 34.9 Å². The molecule has 0 spiro atoms. The van der Waals surface area contributed by atoms with Gasteiger partial charge in [-0.05, 0) is 49.2 Å². The van der Waals surface area contributed by atoms with Crippen molar-refractivity contribution in [2.45, 2.75) is 20.0 Å². The van der Waals surface area contributed by atoms with Crippen LogP contribution in [0.15, 0.2) is 46.6 Å². The van der Waals surface area contributed by atoms with Gasteiger partial charge in [-0.2, -0.15) is 8.78 Å². The van der Waals surface area contributed by atoms with Crippen molar-refractivity contribution in [1.29, 1.82) is 0 Å². The Kier molecular flexibility index (Phi) is 6.85. The monoisotopic (exact) mass is 568 g/mol. The maximum atomic E-state index is 13.9. The molecule has 1 atom stereocenters. The first-order chi connectivity index (χ1) is 17.0. The molecule has 0 radical (unpaired) electrons. The van der Waals surface area contributed by atoms with Gasteiger partial charge in [0.05, 0.1) is 5.56 Å². The first kappa shape index (κ1) is 25.4. The second-order valence-electron chi connectivity index (χ2n) is 7.69. The summed E-state index contributed by atoms with van der Waals surface area (Å²) in [4.78, 5) is 25.2. The van der Waals surface area contributed by atoms with Gasteiger partial charge in [0, 0.05) is 10.5 Å². The van der Waals surface area contributed by atoms with Gasteiger partial charge in [-0.1, -0.05) is 28.1 Å². The zero-order valence-electron chi connectivity index (χ0n) is 18.4. The Balaban J connectivity index is 1.54. The van der Waals surface area contributed by atoms with Crippen LogP contribution in [0.3, 0.4) is 0 Å². The number of esters is 1. The molecule has 0 bridgehead atoms. The Bertz CT molecular complexity index is 1420. The standard InChI is InChI=1S/C25H14BrF5O5/c1-10-6-14(9-15-17(10)23(32)16(36-15)8-12-4-3-5-13(26)7-12)35-25(33)11(2)34-24-21(30)19(28)18(27)20(29)22(24)31/h3-9,11H,1-2H3/b16-8-. The van der Waals surface area contributed by atoms with Gasteiger partial charge >= 0.3 is 5.97 Å². The van der Waals surface area contributed by atoms with Crippen LogP contribution in [0.4, 0.5) is 22.0 Å². The molecule has 0 aliphatic carbocycles. The molecular formula is C25H14BrF5O5. The van der Waals surface area contributed by atoms with Gasteiger partial charge in [-0.25, -0.2) is 18.0 Å². The summed E-state index contributed by atoms with van der Waals surface area (Å²) in [7, 11) is 0. The Morgan fingerprint density at radius 3 is 2.28 bits per heavy atom. The van der Waals surface area contributed by atoms with E-state index in [4.69, 9.17) is 14.2 Å². The van der Waals surface area contributed by atoms with Crippen molar-refractivity contribution in [3.63, 3.8) is 0 Å². The number of benzene rings is 3.